The van der Waals surface area contributed by atoms with Crippen LogP contribution in [0.25, 0.3) is 10.8 Å². The van der Waals surface area contributed by atoms with E-state index in [9.17, 15) is 5.11 Å². The molecule has 4 heteroatoms. The van der Waals surface area contributed by atoms with Crippen LogP contribution in [0.15, 0.2) is 48.5 Å². The molecule has 3 aromatic rings. The normalized spacial score (nSPS) is 21.7. The van der Waals surface area contributed by atoms with E-state index in [0.717, 1.165) is 37.3 Å². The lowest BCUT2D eigenvalue weighted by Gasteiger charge is -2.36. The molecule has 2 atom stereocenters. The third kappa shape index (κ3) is 3.46. The van der Waals surface area contributed by atoms with Crippen LogP contribution in [-0.4, -0.2) is 39.4 Å². The number of benzene rings is 2. The molecule has 2 N–H and O–H groups in total. The Hall–Kier alpha value is -2.17. The molecule has 2 heterocycles. The standard InChI is InChI=1S/C21H25N3O/c1-2-18-12-19(23-22-18)13-24-10-9-20(21(25)14-24)17-8-7-15-5-3-4-6-16(15)11-17/h3-8,11-12,20-21,25H,2,9-10,13-14H2,1H3,(H,22,23)/t20-,21+/m0/s1. The van der Waals surface area contributed by atoms with Crippen molar-refractivity contribution < 1.29 is 5.11 Å². The molecule has 0 spiro atoms. The third-order valence-electron chi connectivity index (χ3n) is 5.31. The fourth-order valence-electron chi connectivity index (χ4n) is 3.88. The van der Waals surface area contributed by atoms with E-state index in [1.165, 1.54) is 16.3 Å². The molecule has 0 aliphatic carbocycles. The SMILES string of the molecule is CCc1cc(CN2CC[C@@H](c3ccc4ccccc4c3)[C@H](O)C2)[nH]n1. The van der Waals surface area contributed by atoms with Crippen LogP contribution in [0.3, 0.4) is 0 Å². The van der Waals surface area contributed by atoms with Gasteiger partial charge < -0.3 is 5.11 Å². The molecule has 4 rings (SSSR count). The van der Waals surface area contributed by atoms with Crippen molar-refractivity contribution in [3.05, 3.63) is 65.5 Å². The summed E-state index contributed by atoms with van der Waals surface area (Å²) >= 11 is 0. The summed E-state index contributed by atoms with van der Waals surface area (Å²) in [7, 11) is 0. The minimum absolute atomic E-state index is 0.217. The van der Waals surface area contributed by atoms with Crippen LogP contribution in [0.1, 0.15) is 36.2 Å². The third-order valence-corrected chi connectivity index (χ3v) is 5.31. The van der Waals surface area contributed by atoms with Crippen LogP contribution >= 0.6 is 0 Å². The molecule has 1 saturated heterocycles. The van der Waals surface area contributed by atoms with Crippen LogP contribution in [-0.2, 0) is 13.0 Å². The minimum atomic E-state index is -0.330. The zero-order valence-corrected chi connectivity index (χ0v) is 14.7. The van der Waals surface area contributed by atoms with Gasteiger partial charge in [-0.05, 0) is 41.8 Å². The highest BCUT2D eigenvalue weighted by atomic mass is 16.3. The van der Waals surface area contributed by atoms with Crippen LogP contribution in [0.4, 0.5) is 0 Å². The van der Waals surface area contributed by atoms with Crippen LogP contribution in [0.2, 0.25) is 0 Å². The van der Waals surface area contributed by atoms with Crippen molar-refractivity contribution in [2.24, 2.45) is 0 Å². The van der Waals surface area contributed by atoms with Gasteiger partial charge in [0.1, 0.15) is 0 Å². The predicted octanol–water partition coefficient (Wildman–Crippen LogP) is 3.48. The Balaban J connectivity index is 1.45. The first-order chi connectivity index (χ1) is 12.2. The van der Waals surface area contributed by atoms with Crippen molar-refractivity contribution in [2.45, 2.75) is 38.3 Å². The Labute approximate surface area is 148 Å². The van der Waals surface area contributed by atoms with E-state index in [2.05, 4.69) is 70.6 Å². The van der Waals surface area contributed by atoms with Gasteiger partial charge in [0.15, 0.2) is 0 Å². The van der Waals surface area contributed by atoms with Crippen molar-refractivity contribution in [3.63, 3.8) is 0 Å². The van der Waals surface area contributed by atoms with E-state index in [0.29, 0.717) is 6.54 Å². The molecule has 0 unspecified atom stereocenters. The Morgan fingerprint density at radius 2 is 2.00 bits per heavy atom. The number of aliphatic hydroxyl groups excluding tert-OH is 1. The molecule has 2 aromatic carbocycles. The van der Waals surface area contributed by atoms with Gasteiger partial charge in [-0.15, -0.1) is 0 Å². The van der Waals surface area contributed by atoms with Crippen molar-refractivity contribution in [1.29, 1.82) is 0 Å². The van der Waals surface area contributed by atoms with Gasteiger partial charge in [0.05, 0.1) is 11.8 Å². The number of piperidine rings is 1. The summed E-state index contributed by atoms with van der Waals surface area (Å²) in [5.74, 6) is 0.217. The first-order valence-electron chi connectivity index (χ1n) is 9.15. The minimum Gasteiger partial charge on any atom is -0.391 e. The van der Waals surface area contributed by atoms with Gasteiger partial charge >= 0.3 is 0 Å². The number of hydrogen-bond donors (Lipinski definition) is 2. The molecule has 1 aliphatic heterocycles. The summed E-state index contributed by atoms with van der Waals surface area (Å²) in [5.41, 5.74) is 3.48. The number of nitrogens with zero attached hydrogens (tertiary/aromatic N) is 2. The summed E-state index contributed by atoms with van der Waals surface area (Å²) in [6, 6.07) is 17.1. The lowest BCUT2D eigenvalue weighted by atomic mass is 9.86. The zero-order valence-electron chi connectivity index (χ0n) is 14.7. The van der Waals surface area contributed by atoms with Crippen LogP contribution in [0.5, 0.6) is 0 Å². The number of aromatic amines is 1. The second kappa shape index (κ2) is 6.98. The molecule has 1 fully saturated rings. The number of likely N-dealkylation sites (tertiary alicyclic amines) is 1. The monoisotopic (exact) mass is 335 g/mol. The second-order valence-corrected chi connectivity index (χ2v) is 7.04. The Morgan fingerprint density at radius 1 is 1.16 bits per heavy atom. The highest BCUT2D eigenvalue weighted by Crippen LogP contribution is 2.31. The van der Waals surface area contributed by atoms with E-state index in [-0.39, 0.29) is 12.0 Å². The number of nitrogens with one attached hydrogen (secondary N) is 1. The fraction of sp³-hybridized carbons (Fsp3) is 0.381. The molecule has 4 nitrogen and oxygen atoms in total. The smallest absolute Gasteiger partial charge is 0.0736 e. The van der Waals surface area contributed by atoms with Crippen molar-refractivity contribution in [1.82, 2.24) is 15.1 Å². The van der Waals surface area contributed by atoms with E-state index >= 15 is 0 Å². The molecule has 0 amide bonds. The lowest BCUT2D eigenvalue weighted by Crippen LogP contribution is -2.42. The number of H-pyrrole nitrogens is 1. The number of aryl methyl sites for hydroxylation is 1. The molecule has 1 aromatic heterocycles. The largest absolute Gasteiger partial charge is 0.391 e. The maximum absolute atomic E-state index is 10.7. The van der Waals surface area contributed by atoms with Crippen LogP contribution < -0.4 is 0 Å². The Bertz CT molecular complexity index is 857. The topological polar surface area (TPSA) is 52.1 Å². The molecular weight excluding hydrogens is 310 g/mol. The Morgan fingerprint density at radius 3 is 2.76 bits per heavy atom. The van der Waals surface area contributed by atoms with E-state index in [1.807, 2.05) is 0 Å². The molecule has 25 heavy (non-hydrogen) atoms. The first-order valence-corrected chi connectivity index (χ1v) is 9.15. The summed E-state index contributed by atoms with van der Waals surface area (Å²) in [4.78, 5) is 2.31. The van der Waals surface area contributed by atoms with Gasteiger partial charge in [0, 0.05) is 24.7 Å². The highest BCUT2D eigenvalue weighted by molar-refractivity contribution is 5.83. The number of β-amino-alcohol motifs (C(OH)–C–C–N with tert-alkyl or cyclic N) is 1. The number of aromatic nitrogens is 2. The van der Waals surface area contributed by atoms with Gasteiger partial charge in [-0.25, -0.2) is 0 Å². The number of aliphatic hydroxyl groups is 1. The maximum atomic E-state index is 10.7. The molecule has 0 saturated carbocycles. The number of fused-ring (bicyclic) bond motifs is 1. The number of rotatable bonds is 4. The average molecular weight is 335 g/mol. The van der Waals surface area contributed by atoms with Gasteiger partial charge in [-0.2, -0.15) is 5.10 Å². The van der Waals surface area contributed by atoms with Crippen molar-refractivity contribution in [2.75, 3.05) is 13.1 Å². The van der Waals surface area contributed by atoms with Gasteiger partial charge in [0.25, 0.3) is 0 Å². The molecule has 0 radical (unpaired) electrons. The summed E-state index contributed by atoms with van der Waals surface area (Å²) in [5, 5.41) is 20.6. The zero-order chi connectivity index (χ0) is 17.2. The average Bonchev–Trinajstić information content (AvgIpc) is 3.09. The van der Waals surface area contributed by atoms with Crippen molar-refractivity contribution in [3.8, 4) is 0 Å². The molecular formula is C21H25N3O. The van der Waals surface area contributed by atoms with Gasteiger partial charge in [-0.3, -0.25) is 10.00 Å². The predicted molar refractivity (Wildman–Crippen MR) is 101 cm³/mol. The van der Waals surface area contributed by atoms with E-state index in [1.54, 1.807) is 0 Å². The highest BCUT2D eigenvalue weighted by Gasteiger charge is 2.29. The van der Waals surface area contributed by atoms with Crippen molar-refractivity contribution >= 4 is 10.8 Å². The first kappa shape index (κ1) is 16.3. The summed E-state index contributed by atoms with van der Waals surface area (Å²) in [6.45, 7) is 4.64. The van der Waals surface area contributed by atoms with E-state index in [4.69, 9.17) is 0 Å². The summed E-state index contributed by atoms with van der Waals surface area (Å²) in [6.07, 6.45) is 1.60. The number of hydrogen-bond acceptors (Lipinski definition) is 3. The fourth-order valence-corrected chi connectivity index (χ4v) is 3.88. The lowest BCUT2D eigenvalue weighted by molar-refractivity contribution is 0.0471. The van der Waals surface area contributed by atoms with Gasteiger partial charge in [0.2, 0.25) is 0 Å². The maximum Gasteiger partial charge on any atom is 0.0736 e. The quantitative estimate of drug-likeness (QED) is 0.767. The summed E-state index contributed by atoms with van der Waals surface area (Å²) < 4.78 is 0. The van der Waals surface area contributed by atoms with Gasteiger partial charge in [-0.1, -0.05) is 49.4 Å². The Kier molecular flexibility index (Phi) is 4.55. The van der Waals surface area contributed by atoms with Crippen LogP contribution in [0, 0.1) is 0 Å². The molecule has 0 bridgehead atoms. The molecule has 130 valence electrons. The molecule has 1 aliphatic rings. The second-order valence-electron chi connectivity index (χ2n) is 7.04. The van der Waals surface area contributed by atoms with E-state index < -0.39 is 0 Å².